The van der Waals surface area contributed by atoms with Crippen LogP contribution in [0.5, 0.6) is 0 Å². The highest BCUT2D eigenvalue weighted by molar-refractivity contribution is 8.23. The van der Waals surface area contributed by atoms with E-state index in [1.54, 1.807) is 13.8 Å². The number of rotatable bonds is 4. The average Bonchev–Trinajstić information content (AvgIpc) is 2.94. The van der Waals surface area contributed by atoms with E-state index in [4.69, 9.17) is 0 Å². The van der Waals surface area contributed by atoms with Crippen LogP contribution in [0.4, 0.5) is 0 Å². The van der Waals surface area contributed by atoms with E-state index >= 15 is 0 Å². The number of carbonyl (C=O) groups excluding carboxylic acids is 1. The van der Waals surface area contributed by atoms with E-state index in [1.165, 1.54) is 28.4 Å². The van der Waals surface area contributed by atoms with Crippen LogP contribution in [0.3, 0.4) is 0 Å². The third-order valence-electron chi connectivity index (χ3n) is 3.96. The number of thioether (sulfide) groups is 2. The van der Waals surface area contributed by atoms with E-state index in [1.807, 2.05) is 0 Å². The first-order valence-corrected chi connectivity index (χ1v) is 8.63. The van der Waals surface area contributed by atoms with Gasteiger partial charge in [0.25, 0.3) is 0 Å². The lowest BCUT2D eigenvalue weighted by molar-refractivity contribution is -0.163. The lowest BCUT2D eigenvalue weighted by Gasteiger charge is -2.47. The minimum atomic E-state index is -1.14. The molecular formula is C13H18N2O4S2. The van der Waals surface area contributed by atoms with Gasteiger partial charge in [0.05, 0.1) is 15.8 Å². The maximum absolute atomic E-state index is 12.2. The summed E-state index contributed by atoms with van der Waals surface area (Å²) in [5, 5.41) is 22.8. The molecule has 0 aromatic carbocycles. The molecular weight excluding hydrogens is 312 g/mol. The quantitative estimate of drug-likeness (QED) is 0.652. The summed E-state index contributed by atoms with van der Waals surface area (Å²) < 4.78 is 0.696. The minimum Gasteiger partial charge on any atom is -0.477 e. The lowest BCUT2D eigenvalue weighted by Crippen LogP contribution is -2.64. The van der Waals surface area contributed by atoms with Gasteiger partial charge >= 0.3 is 5.97 Å². The molecule has 3 N–H and O–H groups in total. The topological polar surface area (TPSA) is 89.9 Å². The van der Waals surface area contributed by atoms with Crippen LogP contribution < -0.4 is 5.32 Å². The van der Waals surface area contributed by atoms with Crippen molar-refractivity contribution in [2.45, 2.75) is 36.5 Å². The first kappa shape index (κ1) is 15.2. The van der Waals surface area contributed by atoms with Crippen molar-refractivity contribution < 1.29 is 19.8 Å². The van der Waals surface area contributed by atoms with Gasteiger partial charge in [0.2, 0.25) is 5.91 Å². The Kier molecular flexibility index (Phi) is 3.76. The third-order valence-corrected chi connectivity index (χ3v) is 6.81. The molecule has 0 bridgehead atoms. The summed E-state index contributed by atoms with van der Waals surface area (Å²) in [7, 11) is 0. The number of fused-ring (bicyclic) bond motifs is 1. The molecule has 0 aromatic heterocycles. The second-order valence-electron chi connectivity index (χ2n) is 6.02. The van der Waals surface area contributed by atoms with Crippen LogP contribution in [0.15, 0.2) is 9.93 Å². The summed E-state index contributed by atoms with van der Waals surface area (Å²) in [5.41, 5.74) is -1.04. The molecule has 0 saturated carbocycles. The predicted octanol–water partition coefficient (Wildman–Crippen LogP) is 0.637. The summed E-state index contributed by atoms with van der Waals surface area (Å²) in [6.45, 7) is 4.99. The largest absolute Gasteiger partial charge is 0.477 e. The van der Waals surface area contributed by atoms with Crippen LogP contribution in [0.1, 0.15) is 20.3 Å². The molecule has 2 unspecified atom stereocenters. The first-order chi connectivity index (χ1) is 9.80. The Morgan fingerprint density at radius 1 is 1.52 bits per heavy atom. The van der Waals surface area contributed by atoms with Crippen LogP contribution in [0.25, 0.3) is 0 Å². The highest BCUT2D eigenvalue weighted by Gasteiger charge is 2.60. The Morgan fingerprint density at radius 2 is 2.24 bits per heavy atom. The van der Waals surface area contributed by atoms with Gasteiger partial charge < -0.3 is 15.5 Å². The van der Waals surface area contributed by atoms with Crippen molar-refractivity contribution in [1.82, 2.24) is 10.2 Å². The van der Waals surface area contributed by atoms with E-state index in [2.05, 4.69) is 5.32 Å². The number of carboxylic acids is 1. The maximum Gasteiger partial charge on any atom is 0.354 e. The van der Waals surface area contributed by atoms with E-state index in [9.17, 15) is 19.8 Å². The van der Waals surface area contributed by atoms with E-state index < -0.39 is 17.5 Å². The summed E-state index contributed by atoms with van der Waals surface area (Å²) in [6, 6.07) is 0. The molecule has 0 radical (unpaired) electrons. The SMILES string of the molecule is CC(C)(O)C1C(=O)N2C(C(=O)O)=C(SC3CCNC3)S[C@@H]12. The molecule has 6 nitrogen and oxygen atoms in total. The van der Waals surface area contributed by atoms with Gasteiger partial charge in [-0.3, -0.25) is 9.69 Å². The number of nitrogens with one attached hydrogen (secondary N) is 1. The Labute approximate surface area is 131 Å². The molecule has 0 aliphatic carbocycles. The number of aliphatic hydroxyl groups is 1. The fourth-order valence-electron chi connectivity index (χ4n) is 2.89. The Balaban J connectivity index is 1.83. The highest BCUT2D eigenvalue weighted by atomic mass is 32.2. The molecule has 21 heavy (non-hydrogen) atoms. The second kappa shape index (κ2) is 5.19. The first-order valence-electron chi connectivity index (χ1n) is 6.87. The van der Waals surface area contributed by atoms with Crippen molar-refractivity contribution in [3.63, 3.8) is 0 Å². The van der Waals surface area contributed by atoms with Crippen LogP contribution >= 0.6 is 23.5 Å². The molecule has 116 valence electrons. The molecule has 0 aromatic rings. The summed E-state index contributed by atoms with van der Waals surface area (Å²) in [5.74, 6) is -1.91. The van der Waals surface area contributed by atoms with E-state index in [-0.39, 0.29) is 17.0 Å². The van der Waals surface area contributed by atoms with E-state index in [0.717, 1.165) is 19.5 Å². The standard InChI is InChI=1S/C13H18N2O4S2/c1-13(2,19)7-9(16)15-8(11(17)18)12(21-10(7)15)20-6-3-4-14-5-6/h6-7,10,14,19H,3-5H2,1-2H3,(H,17,18)/t6?,7?,10-/m0/s1. The number of carbonyl (C=O) groups is 2. The minimum absolute atomic E-state index is 0.0902. The normalized spacial score (nSPS) is 32.4. The number of nitrogens with zero attached hydrogens (tertiary/aromatic N) is 1. The molecule has 3 atom stereocenters. The number of hydrogen-bond acceptors (Lipinski definition) is 6. The predicted molar refractivity (Wildman–Crippen MR) is 81.5 cm³/mol. The van der Waals surface area contributed by atoms with E-state index in [0.29, 0.717) is 9.49 Å². The van der Waals surface area contributed by atoms with Gasteiger partial charge in [0.1, 0.15) is 5.37 Å². The van der Waals surface area contributed by atoms with Crippen LogP contribution in [0, 0.1) is 5.92 Å². The summed E-state index contributed by atoms with van der Waals surface area (Å²) in [4.78, 5) is 25.1. The molecule has 8 heteroatoms. The molecule has 3 aliphatic heterocycles. The monoisotopic (exact) mass is 330 g/mol. The highest BCUT2D eigenvalue weighted by Crippen LogP contribution is 2.56. The van der Waals surface area contributed by atoms with Crippen molar-refractivity contribution >= 4 is 35.4 Å². The van der Waals surface area contributed by atoms with Gasteiger partial charge in [-0.25, -0.2) is 4.79 Å². The Hall–Kier alpha value is -0.700. The molecule has 2 fully saturated rings. The van der Waals surface area contributed by atoms with Gasteiger partial charge in [-0.2, -0.15) is 0 Å². The van der Waals surface area contributed by atoms with Crippen molar-refractivity contribution in [2.24, 2.45) is 5.92 Å². The number of amides is 1. The zero-order chi connectivity index (χ0) is 15.4. The van der Waals surface area contributed by atoms with Gasteiger partial charge in [-0.05, 0) is 26.8 Å². The number of aliphatic carboxylic acids is 1. The Morgan fingerprint density at radius 3 is 2.76 bits per heavy atom. The second-order valence-corrected chi connectivity index (χ2v) is 8.72. The summed E-state index contributed by atoms with van der Waals surface area (Å²) >= 11 is 2.94. The zero-order valence-corrected chi connectivity index (χ0v) is 13.5. The van der Waals surface area contributed by atoms with Crippen molar-refractivity contribution in [3.05, 3.63) is 9.93 Å². The molecule has 3 heterocycles. The Bertz CT molecular complexity index is 523. The number of carboxylic acid groups (broad SMARTS) is 1. The molecule has 3 aliphatic rings. The van der Waals surface area contributed by atoms with Crippen molar-refractivity contribution in [1.29, 1.82) is 0 Å². The van der Waals surface area contributed by atoms with Gasteiger partial charge in [-0.15, -0.1) is 11.8 Å². The van der Waals surface area contributed by atoms with Crippen LogP contribution in [-0.4, -0.2) is 56.3 Å². The summed E-state index contributed by atoms with van der Waals surface area (Å²) in [6.07, 6.45) is 0.995. The van der Waals surface area contributed by atoms with Crippen LogP contribution in [0.2, 0.25) is 0 Å². The fourth-order valence-corrected chi connectivity index (χ4v) is 6.27. The number of β-lactam (4-membered cyclic amide) rings is 1. The maximum atomic E-state index is 12.2. The smallest absolute Gasteiger partial charge is 0.354 e. The lowest BCUT2D eigenvalue weighted by atomic mass is 9.83. The zero-order valence-electron chi connectivity index (χ0n) is 11.8. The van der Waals surface area contributed by atoms with Crippen molar-refractivity contribution in [3.8, 4) is 0 Å². The third kappa shape index (κ3) is 2.48. The van der Waals surface area contributed by atoms with Gasteiger partial charge in [0.15, 0.2) is 5.70 Å². The van der Waals surface area contributed by atoms with Crippen LogP contribution in [-0.2, 0) is 9.59 Å². The number of hydrogen-bond donors (Lipinski definition) is 3. The fraction of sp³-hybridized carbons (Fsp3) is 0.692. The van der Waals surface area contributed by atoms with Crippen molar-refractivity contribution in [2.75, 3.05) is 13.1 Å². The van der Waals surface area contributed by atoms with Gasteiger partial charge in [-0.1, -0.05) is 11.8 Å². The molecule has 2 saturated heterocycles. The average molecular weight is 330 g/mol. The molecule has 0 spiro atoms. The molecule has 3 rings (SSSR count). The van der Waals surface area contributed by atoms with Gasteiger partial charge in [0, 0.05) is 11.8 Å². The molecule has 1 amide bonds.